The Kier molecular flexibility index (Phi) is 5.32. The molecule has 0 saturated carbocycles. The van der Waals surface area contributed by atoms with Crippen LogP contribution in [-0.4, -0.2) is 17.9 Å². The maximum Gasteiger partial charge on any atom is 0.269 e. The van der Waals surface area contributed by atoms with Crippen LogP contribution in [0.15, 0.2) is 48.5 Å². The Morgan fingerprint density at radius 3 is 2.57 bits per heavy atom. The molecule has 0 unspecified atom stereocenters. The van der Waals surface area contributed by atoms with Crippen molar-refractivity contribution in [1.29, 1.82) is 0 Å². The van der Waals surface area contributed by atoms with Crippen LogP contribution in [0.4, 0.5) is 11.4 Å². The first-order chi connectivity index (χ1) is 11.0. The quantitative estimate of drug-likeness (QED) is 0.511. The minimum absolute atomic E-state index is 0.00438. The standard InChI is InChI=1S/C16H13ClN2O4/c1-23-15-8-5-12(17)10-14(15)18-16(20)9-4-11-2-6-13(7-3-11)19(21)22/h2-10H,1H3,(H,18,20)/b9-4+. The number of nitrogens with zero attached hydrogens (tertiary/aromatic N) is 1. The molecule has 0 heterocycles. The molecule has 2 rings (SSSR count). The topological polar surface area (TPSA) is 81.5 Å². The number of nitro groups is 1. The van der Waals surface area contributed by atoms with Gasteiger partial charge in [0.2, 0.25) is 5.91 Å². The molecule has 2 aromatic rings. The zero-order valence-electron chi connectivity index (χ0n) is 12.2. The van der Waals surface area contributed by atoms with E-state index in [0.29, 0.717) is 22.0 Å². The van der Waals surface area contributed by atoms with Crippen LogP contribution in [0, 0.1) is 10.1 Å². The molecule has 0 radical (unpaired) electrons. The van der Waals surface area contributed by atoms with Crippen molar-refractivity contribution in [2.45, 2.75) is 0 Å². The minimum atomic E-state index is -0.481. The number of nitro benzene ring substituents is 1. The number of anilines is 1. The number of hydrogen-bond acceptors (Lipinski definition) is 4. The van der Waals surface area contributed by atoms with E-state index in [1.54, 1.807) is 36.4 Å². The van der Waals surface area contributed by atoms with Crippen LogP contribution in [0.1, 0.15) is 5.56 Å². The van der Waals surface area contributed by atoms with E-state index in [4.69, 9.17) is 16.3 Å². The van der Waals surface area contributed by atoms with Gasteiger partial charge in [-0.2, -0.15) is 0 Å². The van der Waals surface area contributed by atoms with E-state index in [-0.39, 0.29) is 11.6 Å². The summed E-state index contributed by atoms with van der Waals surface area (Å²) in [6, 6.07) is 10.7. The number of non-ortho nitro benzene ring substituents is 1. The number of methoxy groups -OCH3 is 1. The molecule has 23 heavy (non-hydrogen) atoms. The van der Waals surface area contributed by atoms with Gasteiger partial charge < -0.3 is 10.1 Å². The van der Waals surface area contributed by atoms with Crippen LogP contribution >= 0.6 is 11.6 Å². The number of carbonyl (C=O) groups is 1. The van der Waals surface area contributed by atoms with Crippen LogP contribution in [0.5, 0.6) is 5.75 Å². The van der Waals surface area contributed by atoms with Crippen molar-refractivity contribution >= 4 is 35.0 Å². The molecular weight excluding hydrogens is 320 g/mol. The summed E-state index contributed by atoms with van der Waals surface area (Å²) in [5.41, 5.74) is 1.12. The number of nitrogens with one attached hydrogen (secondary N) is 1. The molecule has 0 aliphatic rings. The Morgan fingerprint density at radius 1 is 1.26 bits per heavy atom. The molecule has 1 N–H and O–H groups in total. The SMILES string of the molecule is COc1ccc(Cl)cc1NC(=O)/C=C/c1ccc([N+](=O)[O-])cc1. The van der Waals surface area contributed by atoms with Gasteiger partial charge >= 0.3 is 0 Å². The Bertz CT molecular complexity index is 757. The van der Waals surface area contributed by atoms with Crippen LogP contribution in [-0.2, 0) is 4.79 Å². The van der Waals surface area contributed by atoms with Gasteiger partial charge in [0, 0.05) is 23.2 Å². The van der Waals surface area contributed by atoms with E-state index in [9.17, 15) is 14.9 Å². The van der Waals surface area contributed by atoms with Gasteiger partial charge in [-0.1, -0.05) is 11.6 Å². The summed E-state index contributed by atoms with van der Waals surface area (Å²) in [7, 11) is 1.49. The lowest BCUT2D eigenvalue weighted by Crippen LogP contribution is -2.08. The number of amides is 1. The van der Waals surface area contributed by atoms with Gasteiger partial charge in [-0.05, 0) is 42.0 Å². The first kappa shape index (κ1) is 16.5. The number of halogens is 1. The van der Waals surface area contributed by atoms with Gasteiger partial charge in [0.25, 0.3) is 5.69 Å². The number of carbonyl (C=O) groups excluding carboxylic acids is 1. The molecule has 0 atom stereocenters. The van der Waals surface area contributed by atoms with Crippen molar-refractivity contribution < 1.29 is 14.5 Å². The number of hydrogen-bond donors (Lipinski definition) is 1. The molecular formula is C16H13ClN2O4. The molecule has 0 spiro atoms. The Morgan fingerprint density at radius 2 is 1.96 bits per heavy atom. The van der Waals surface area contributed by atoms with Crippen LogP contribution < -0.4 is 10.1 Å². The van der Waals surface area contributed by atoms with Gasteiger partial charge in [-0.15, -0.1) is 0 Å². The lowest BCUT2D eigenvalue weighted by Gasteiger charge is -2.08. The minimum Gasteiger partial charge on any atom is -0.495 e. The Balaban J connectivity index is 2.07. The molecule has 0 saturated heterocycles. The van der Waals surface area contributed by atoms with E-state index in [0.717, 1.165) is 0 Å². The molecule has 118 valence electrons. The summed E-state index contributed by atoms with van der Waals surface area (Å²) in [6.45, 7) is 0. The lowest BCUT2D eigenvalue weighted by molar-refractivity contribution is -0.384. The van der Waals surface area contributed by atoms with Crippen molar-refractivity contribution in [2.24, 2.45) is 0 Å². The second kappa shape index (κ2) is 7.42. The van der Waals surface area contributed by atoms with E-state index >= 15 is 0 Å². The van der Waals surface area contributed by atoms with E-state index in [1.807, 2.05) is 0 Å². The average molecular weight is 333 g/mol. The zero-order chi connectivity index (χ0) is 16.8. The highest BCUT2D eigenvalue weighted by atomic mass is 35.5. The monoisotopic (exact) mass is 332 g/mol. The van der Waals surface area contributed by atoms with Gasteiger partial charge in [0.05, 0.1) is 17.7 Å². The third-order valence-electron chi connectivity index (χ3n) is 2.95. The summed E-state index contributed by atoms with van der Waals surface area (Å²) < 4.78 is 5.14. The second-order valence-electron chi connectivity index (χ2n) is 4.52. The highest BCUT2D eigenvalue weighted by Crippen LogP contribution is 2.27. The fourth-order valence-corrected chi connectivity index (χ4v) is 2.00. The van der Waals surface area contributed by atoms with Crippen molar-refractivity contribution in [3.8, 4) is 5.75 Å². The van der Waals surface area contributed by atoms with Crippen molar-refractivity contribution in [3.63, 3.8) is 0 Å². The molecule has 0 aromatic heterocycles. The third kappa shape index (κ3) is 4.55. The van der Waals surface area contributed by atoms with Crippen molar-refractivity contribution in [2.75, 3.05) is 12.4 Å². The zero-order valence-corrected chi connectivity index (χ0v) is 12.9. The lowest BCUT2D eigenvalue weighted by atomic mass is 10.2. The highest BCUT2D eigenvalue weighted by molar-refractivity contribution is 6.31. The molecule has 2 aromatic carbocycles. The second-order valence-corrected chi connectivity index (χ2v) is 4.95. The van der Waals surface area contributed by atoms with Gasteiger partial charge in [0.15, 0.2) is 0 Å². The smallest absolute Gasteiger partial charge is 0.269 e. The predicted molar refractivity (Wildman–Crippen MR) is 88.8 cm³/mol. The summed E-state index contributed by atoms with van der Waals surface area (Å²) in [4.78, 5) is 22.0. The molecule has 1 amide bonds. The van der Waals surface area contributed by atoms with Gasteiger partial charge in [-0.3, -0.25) is 14.9 Å². The highest BCUT2D eigenvalue weighted by Gasteiger charge is 2.06. The van der Waals surface area contributed by atoms with Crippen LogP contribution in [0.2, 0.25) is 5.02 Å². The van der Waals surface area contributed by atoms with E-state index < -0.39 is 4.92 Å². The molecule has 7 heteroatoms. The third-order valence-corrected chi connectivity index (χ3v) is 3.19. The average Bonchev–Trinajstić information content (AvgIpc) is 2.53. The molecule has 0 aliphatic heterocycles. The maximum atomic E-state index is 11.9. The number of rotatable bonds is 5. The van der Waals surface area contributed by atoms with E-state index in [2.05, 4.69) is 5.32 Å². The molecule has 0 bridgehead atoms. The first-order valence-corrected chi connectivity index (χ1v) is 6.94. The summed E-state index contributed by atoms with van der Waals surface area (Å²) in [5.74, 6) is 0.121. The normalized spacial score (nSPS) is 10.5. The molecule has 6 nitrogen and oxygen atoms in total. The number of benzene rings is 2. The number of ether oxygens (including phenoxy) is 1. The molecule has 0 aliphatic carbocycles. The first-order valence-electron chi connectivity index (χ1n) is 6.56. The summed E-state index contributed by atoms with van der Waals surface area (Å²) in [5, 5.41) is 13.7. The Hall–Kier alpha value is -2.86. The molecule has 0 fully saturated rings. The summed E-state index contributed by atoms with van der Waals surface area (Å²) in [6.07, 6.45) is 2.87. The van der Waals surface area contributed by atoms with Crippen LogP contribution in [0.3, 0.4) is 0 Å². The predicted octanol–water partition coefficient (Wildman–Crippen LogP) is 3.91. The largest absolute Gasteiger partial charge is 0.495 e. The van der Waals surface area contributed by atoms with E-state index in [1.165, 1.54) is 25.3 Å². The van der Waals surface area contributed by atoms with Gasteiger partial charge in [0.1, 0.15) is 5.75 Å². The van der Waals surface area contributed by atoms with Crippen molar-refractivity contribution in [3.05, 3.63) is 69.2 Å². The Labute approximate surface area is 137 Å². The van der Waals surface area contributed by atoms with Crippen molar-refractivity contribution in [1.82, 2.24) is 0 Å². The van der Waals surface area contributed by atoms with Crippen LogP contribution in [0.25, 0.3) is 6.08 Å². The maximum absolute atomic E-state index is 11.9. The summed E-state index contributed by atoms with van der Waals surface area (Å²) >= 11 is 5.89. The fraction of sp³-hybridized carbons (Fsp3) is 0.0625. The van der Waals surface area contributed by atoms with Gasteiger partial charge in [-0.25, -0.2) is 0 Å². The fourth-order valence-electron chi connectivity index (χ4n) is 1.83.